The lowest BCUT2D eigenvalue weighted by atomic mass is 9.95. The van der Waals surface area contributed by atoms with Gasteiger partial charge in [-0.1, -0.05) is 6.07 Å². The Morgan fingerprint density at radius 1 is 1.04 bits per heavy atom. The fraction of sp³-hybridized carbons (Fsp3) is 0.250. The summed E-state index contributed by atoms with van der Waals surface area (Å²) >= 11 is 0. The molecule has 2 aromatic heterocycles. The first-order chi connectivity index (χ1) is 13.4. The summed E-state index contributed by atoms with van der Waals surface area (Å²) < 4.78 is 41.4. The molecule has 28 heavy (non-hydrogen) atoms. The molecule has 0 bridgehead atoms. The lowest BCUT2D eigenvalue weighted by Gasteiger charge is -2.15. The van der Waals surface area contributed by atoms with E-state index < -0.39 is 11.9 Å². The number of nitrogens with one attached hydrogen (secondary N) is 1. The van der Waals surface area contributed by atoms with E-state index in [2.05, 4.69) is 15.4 Å². The van der Waals surface area contributed by atoms with Gasteiger partial charge in [-0.15, -0.1) is 0 Å². The zero-order valence-corrected chi connectivity index (χ0v) is 14.8. The average molecular weight is 386 g/mol. The Hall–Kier alpha value is -3.16. The number of hydrogen-bond donors (Lipinski definition) is 1. The molecule has 0 atom stereocenters. The number of pyridine rings is 1. The number of nitrogens with zero attached hydrogens (tertiary/aromatic N) is 3. The highest BCUT2D eigenvalue weighted by Crippen LogP contribution is 2.36. The van der Waals surface area contributed by atoms with E-state index in [-0.39, 0.29) is 11.5 Å². The maximum atomic E-state index is 13.3. The number of anilines is 1. The van der Waals surface area contributed by atoms with Gasteiger partial charge in [0.2, 0.25) is 0 Å². The van der Waals surface area contributed by atoms with Gasteiger partial charge in [0, 0.05) is 23.0 Å². The highest BCUT2D eigenvalue weighted by Gasteiger charge is 2.39. The third-order valence-electron chi connectivity index (χ3n) is 4.73. The molecule has 1 aromatic carbocycles. The van der Waals surface area contributed by atoms with E-state index in [1.165, 1.54) is 4.68 Å². The van der Waals surface area contributed by atoms with Gasteiger partial charge in [0.25, 0.3) is 5.91 Å². The van der Waals surface area contributed by atoms with Crippen LogP contribution >= 0.6 is 0 Å². The number of alkyl halides is 3. The molecule has 1 amide bonds. The molecule has 0 aliphatic heterocycles. The van der Waals surface area contributed by atoms with Crippen molar-refractivity contribution >= 4 is 11.7 Å². The summed E-state index contributed by atoms with van der Waals surface area (Å²) in [5.74, 6) is 0.0799. The van der Waals surface area contributed by atoms with Gasteiger partial charge in [-0.25, -0.2) is 9.67 Å². The first-order valence-electron chi connectivity index (χ1n) is 8.94. The van der Waals surface area contributed by atoms with Gasteiger partial charge in [0.05, 0.1) is 5.69 Å². The van der Waals surface area contributed by atoms with Crippen molar-refractivity contribution in [2.75, 3.05) is 5.32 Å². The van der Waals surface area contributed by atoms with Crippen molar-refractivity contribution in [1.82, 2.24) is 14.8 Å². The Morgan fingerprint density at radius 3 is 2.46 bits per heavy atom. The highest BCUT2D eigenvalue weighted by molar-refractivity contribution is 6.03. The van der Waals surface area contributed by atoms with Crippen LogP contribution in [0.25, 0.3) is 5.69 Å². The van der Waals surface area contributed by atoms with Gasteiger partial charge >= 0.3 is 6.18 Å². The Labute approximate surface area is 159 Å². The molecule has 3 aromatic rings. The molecule has 0 spiro atoms. The number of hydrogen-bond acceptors (Lipinski definition) is 3. The zero-order valence-electron chi connectivity index (χ0n) is 14.8. The van der Waals surface area contributed by atoms with Crippen molar-refractivity contribution in [3.05, 3.63) is 71.2 Å². The Bertz CT molecular complexity index is 995. The summed E-state index contributed by atoms with van der Waals surface area (Å²) in [7, 11) is 0. The fourth-order valence-corrected chi connectivity index (χ4v) is 3.42. The number of benzene rings is 1. The number of fused-ring (bicyclic) bond motifs is 1. The molecule has 0 saturated carbocycles. The van der Waals surface area contributed by atoms with Crippen LogP contribution in [0.3, 0.4) is 0 Å². The van der Waals surface area contributed by atoms with Crippen LogP contribution < -0.4 is 5.32 Å². The molecule has 1 aliphatic carbocycles. The second-order valence-electron chi connectivity index (χ2n) is 6.61. The van der Waals surface area contributed by atoms with Crippen LogP contribution in [-0.4, -0.2) is 20.7 Å². The molecule has 5 nitrogen and oxygen atoms in total. The SMILES string of the molecule is O=C(Nc1ccccn1)c1ccc(-n2nc(C(F)(F)F)c3c2CCCC3)cc1. The van der Waals surface area contributed by atoms with Gasteiger partial charge < -0.3 is 5.32 Å². The van der Waals surface area contributed by atoms with Crippen molar-refractivity contribution in [2.45, 2.75) is 31.9 Å². The standard InChI is InChI=1S/C20H17F3N4O/c21-20(22,23)18-15-5-1-2-6-16(15)27(26-18)14-10-8-13(9-11-14)19(28)25-17-7-3-4-12-24-17/h3-4,7-12H,1-2,5-6H2,(H,24,25,28). The topological polar surface area (TPSA) is 59.8 Å². The monoisotopic (exact) mass is 386 g/mol. The molecule has 0 radical (unpaired) electrons. The predicted octanol–water partition coefficient (Wildman–Crippen LogP) is 4.42. The van der Waals surface area contributed by atoms with Crippen LogP contribution in [-0.2, 0) is 19.0 Å². The Morgan fingerprint density at radius 2 is 1.79 bits per heavy atom. The quantitative estimate of drug-likeness (QED) is 0.725. The van der Waals surface area contributed by atoms with E-state index >= 15 is 0 Å². The van der Waals surface area contributed by atoms with E-state index in [0.717, 1.165) is 12.8 Å². The van der Waals surface area contributed by atoms with Crippen LogP contribution in [0.1, 0.15) is 40.2 Å². The summed E-state index contributed by atoms with van der Waals surface area (Å²) in [6.45, 7) is 0. The van der Waals surface area contributed by atoms with Gasteiger partial charge in [-0.05, 0) is 62.1 Å². The van der Waals surface area contributed by atoms with Crippen molar-refractivity contribution in [3.8, 4) is 5.69 Å². The van der Waals surface area contributed by atoms with Crippen molar-refractivity contribution in [3.63, 3.8) is 0 Å². The second-order valence-corrected chi connectivity index (χ2v) is 6.61. The van der Waals surface area contributed by atoms with E-state index in [9.17, 15) is 18.0 Å². The van der Waals surface area contributed by atoms with Gasteiger partial charge in [-0.2, -0.15) is 18.3 Å². The third kappa shape index (κ3) is 3.49. The number of carbonyl (C=O) groups excluding carboxylic acids is 1. The first kappa shape index (κ1) is 18.2. The lowest BCUT2D eigenvalue weighted by molar-refractivity contribution is -0.142. The Kier molecular flexibility index (Phi) is 4.62. The van der Waals surface area contributed by atoms with E-state index in [1.807, 2.05) is 0 Å². The smallest absolute Gasteiger partial charge is 0.307 e. The highest BCUT2D eigenvalue weighted by atomic mass is 19.4. The van der Waals surface area contributed by atoms with Gasteiger partial charge in [0.1, 0.15) is 5.82 Å². The first-order valence-corrected chi connectivity index (χ1v) is 8.94. The van der Waals surface area contributed by atoms with E-state index in [4.69, 9.17) is 0 Å². The number of halogens is 3. The van der Waals surface area contributed by atoms with Crippen LogP contribution in [0.2, 0.25) is 0 Å². The maximum Gasteiger partial charge on any atom is 0.435 e. The molecular formula is C20H17F3N4O. The molecule has 144 valence electrons. The van der Waals surface area contributed by atoms with Crippen LogP contribution in [0.15, 0.2) is 48.7 Å². The number of carbonyl (C=O) groups is 1. The number of rotatable bonds is 3. The predicted molar refractivity (Wildman–Crippen MR) is 97.4 cm³/mol. The fourth-order valence-electron chi connectivity index (χ4n) is 3.42. The zero-order chi connectivity index (χ0) is 19.7. The summed E-state index contributed by atoms with van der Waals surface area (Å²) in [5.41, 5.74) is 0.966. The molecule has 0 saturated heterocycles. The minimum Gasteiger partial charge on any atom is -0.307 e. The van der Waals surface area contributed by atoms with Crippen LogP contribution in [0.4, 0.5) is 19.0 Å². The molecule has 0 unspecified atom stereocenters. The third-order valence-corrected chi connectivity index (χ3v) is 4.73. The normalized spacial score (nSPS) is 13.8. The maximum absolute atomic E-state index is 13.3. The van der Waals surface area contributed by atoms with E-state index in [0.29, 0.717) is 35.6 Å². The summed E-state index contributed by atoms with van der Waals surface area (Å²) in [6.07, 6.45) is -0.406. The summed E-state index contributed by atoms with van der Waals surface area (Å²) in [5, 5.41) is 6.53. The second kappa shape index (κ2) is 7.10. The Balaban J connectivity index is 1.62. The molecule has 1 N–H and O–H groups in total. The van der Waals surface area contributed by atoms with Crippen LogP contribution in [0, 0.1) is 0 Å². The molecule has 4 rings (SSSR count). The molecule has 1 aliphatic rings. The van der Waals surface area contributed by atoms with Gasteiger partial charge in [-0.3, -0.25) is 4.79 Å². The van der Waals surface area contributed by atoms with E-state index in [1.54, 1.807) is 48.7 Å². The number of amides is 1. The van der Waals surface area contributed by atoms with Crippen molar-refractivity contribution in [2.24, 2.45) is 0 Å². The summed E-state index contributed by atoms with van der Waals surface area (Å²) in [6, 6.07) is 11.5. The molecule has 8 heteroatoms. The number of aromatic nitrogens is 3. The molecule has 0 fully saturated rings. The average Bonchev–Trinajstić information content (AvgIpc) is 3.09. The largest absolute Gasteiger partial charge is 0.435 e. The minimum atomic E-state index is -4.48. The summed E-state index contributed by atoms with van der Waals surface area (Å²) in [4.78, 5) is 16.3. The lowest BCUT2D eigenvalue weighted by Crippen LogP contribution is -2.13. The van der Waals surface area contributed by atoms with Crippen molar-refractivity contribution < 1.29 is 18.0 Å². The minimum absolute atomic E-state index is 0.288. The van der Waals surface area contributed by atoms with Crippen LogP contribution in [0.5, 0.6) is 0 Å². The van der Waals surface area contributed by atoms with Crippen molar-refractivity contribution in [1.29, 1.82) is 0 Å². The van der Waals surface area contributed by atoms with Gasteiger partial charge in [0.15, 0.2) is 5.69 Å². The molecular weight excluding hydrogens is 369 g/mol. The molecule has 2 heterocycles.